The molecule has 1 rings (SSSR count). The van der Waals surface area contributed by atoms with Gasteiger partial charge in [-0.05, 0) is 6.42 Å². The van der Waals surface area contributed by atoms with Crippen molar-refractivity contribution < 1.29 is 22.7 Å². The summed E-state index contributed by atoms with van der Waals surface area (Å²) in [7, 11) is 0. The number of rotatable bonds is 4. The Labute approximate surface area is 82.8 Å². The van der Waals surface area contributed by atoms with Crippen LogP contribution in [0.4, 0.5) is 23.2 Å². The second-order valence-electron chi connectivity index (χ2n) is 2.70. The largest absolute Gasteiger partial charge is 0.396 e. The van der Waals surface area contributed by atoms with Crippen LogP contribution in [0.15, 0.2) is 0 Å². The number of aliphatic hydroxyl groups excluding tert-OH is 1. The first-order valence-electron chi connectivity index (χ1n) is 4.12. The van der Waals surface area contributed by atoms with E-state index in [2.05, 4.69) is 10.3 Å². The SMILES string of the molecule is OCCCNc1c(F)c(F)nc(F)c1F. The Hall–Kier alpha value is -1.37. The summed E-state index contributed by atoms with van der Waals surface area (Å²) < 4.78 is 50.9. The molecule has 0 amide bonds. The molecule has 0 unspecified atom stereocenters. The van der Waals surface area contributed by atoms with E-state index in [1.54, 1.807) is 0 Å². The van der Waals surface area contributed by atoms with E-state index in [0.717, 1.165) is 0 Å². The van der Waals surface area contributed by atoms with E-state index in [0.29, 0.717) is 0 Å². The summed E-state index contributed by atoms with van der Waals surface area (Å²) in [5.41, 5.74) is -0.909. The number of hydrogen-bond acceptors (Lipinski definition) is 3. The molecule has 0 radical (unpaired) electrons. The van der Waals surface area contributed by atoms with Crippen LogP contribution in [0.25, 0.3) is 0 Å². The van der Waals surface area contributed by atoms with Crippen molar-refractivity contribution in [2.24, 2.45) is 0 Å². The van der Waals surface area contributed by atoms with Crippen molar-refractivity contribution >= 4 is 5.69 Å². The normalized spacial score (nSPS) is 10.5. The number of halogens is 4. The number of hydrogen-bond donors (Lipinski definition) is 2. The number of nitrogens with zero attached hydrogens (tertiary/aromatic N) is 1. The molecule has 0 spiro atoms. The molecule has 0 aliphatic heterocycles. The van der Waals surface area contributed by atoms with Crippen molar-refractivity contribution in [2.45, 2.75) is 6.42 Å². The van der Waals surface area contributed by atoms with Crippen LogP contribution in [0.2, 0.25) is 0 Å². The average molecular weight is 224 g/mol. The quantitative estimate of drug-likeness (QED) is 0.462. The summed E-state index contributed by atoms with van der Waals surface area (Å²) in [5, 5.41) is 10.5. The molecule has 7 heteroatoms. The molecule has 0 aromatic carbocycles. The zero-order valence-electron chi connectivity index (χ0n) is 7.53. The van der Waals surface area contributed by atoms with Crippen LogP contribution in [-0.4, -0.2) is 23.2 Å². The average Bonchev–Trinajstić information content (AvgIpc) is 2.20. The highest BCUT2D eigenvalue weighted by Crippen LogP contribution is 2.21. The summed E-state index contributed by atoms with van der Waals surface area (Å²) in [5.74, 6) is -6.57. The molecule has 84 valence electrons. The molecular formula is C8H8F4N2O. The zero-order chi connectivity index (χ0) is 11.4. The van der Waals surface area contributed by atoms with Gasteiger partial charge in [0.25, 0.3) is 11.9 Å². The summed E-state index contributed by atoms with van der Waals surface area (Å²) in [4.78, 5) is 2.39. The molecule has 0 atom stereocenters. The minimum Gasteiger partial charge on any atom is -0.396 e. The van der Waals surface area contributed by atoms with E-state index in [-0.39, 0.29) is 19.6 Å². The third kappa shape index (κ3) is 2.56. The molecule has 0 bridgehead atoms. The predicted molar refractivity (Wildman–Crippen MR) is 44.3 cm³/mol. The first kappa shape index (κ1) is 11.7. The zero-order valence-corrected chi connectivity index (χ0v) is 7.53. The molecule has 1 aromatic heterocycles. The predicted octanol–water partition coefficient (Wildman–Crippen LogP) is 1.43. The summed E-state index contributed by atoms with van der Waals surface area (Å²) in [6, 6.07) is 0. The summed E-state index contributed by atoms with van der Waals surface area (Å²) in [6.45, 7) is -0.209. The monoisotopic (exact) mass is 224 g/mol. The van der Waals surface area contributed by atoms with Crippen molar-refractivity contribution in [3.63, 3.8) is 0 Å². The number of nitrogens with one attached hydrogen (secondary N) is 1. The van der Waals surface area contributed by atoms with E-state index in [1.165, 1.54) is 0 Å². The fourth-order valence-electron chi connectivity index (χ4n) is 0.935. The minimum absolute atomic E-state index is 0.00671. The van der Waals surface area contributed by atoms with Crippen molar-refractivity contribution in [2.75, 3.05) is 18.5 Å². The molecule has 15 heavy (non-hydrogen) atoms. The molecule has 0 aliphatic rings. The summed E-state index contributed by atoms with van der Waals surface area (Å²) in [6.07, 6.45) is 0.199. The van der Waals surface area contributed by atoms with E-state index < -0.39 is 29.2 Å². The van der Waals surface area contributed by atoms with Gasteiger partial charge in [0.15, 0.2) is 0 Å². The van der Waals surface area contributed by atoms with Crippen LogP contribution < -0.4 is 5.32 Å². The van der Waals surface area contributed by atoms with E-state index in [9.17, 15) is 17.6 Å². The first-order chi connectivity index (χ1) is 7.07. The molecule has 2 N–H and O–H groups in total. The lowest BCUT2D eigenvalue weighted by molar-refractivity contribution is 0.292. The van der Waals surface area contributed by atoms with Gasteiger partial charge < -0.3 is 10.4 Å². The maximum Gasteiger partial charge on any atom is 0.253 e. The van der Waals surface area contributed by atoms with Gasteiger partial charge in [-0.25, -0.2) is 0 Å². The minimum atomic E-state index is -1.71. The highest BCUT2D eigenvalue weighted by atomic mass is 19.2. The third-order valence-corrected chi connectivity index (χ3v) is 1.63. The molecular weight excluding hydrogens is 216 g/mol. The van der Waals surface area contributed by atoms with Gasteiger partial charge in [-0.1, -0.05) is 0 Å². The fraction of sp³-hybridized carbons (Fsp3) is 0.375. The Morgan fingerprint density at radius 3 is 2.07 bits per heavy atom. The molecule has 0 fully saturated rings. The highest BCUT2D eigenvalue weighted by Gasteiger charge is 2.19. The van der Waals surface area contributed by atoms with E-state index >= 15 is 0 Å². The number of pyridine rings is 1. The van der Waals surface area contributed by atoms with Gasteiger partial charge in [0, 0.05) is 13.2 Å². The van der Waals surface area contributed by atoms with Crippen molar-refractivity contribution in [3.8, 4) is 0 Å². The Kier molecular flexibility index (Phi) is 3.84. The Bertz CT molecular complexity index is 333. The number of anilines is 1. The number of aliphatic hydroxyl groups is 1. The van der Waals surface area contributed by atoms with Crippen LogP contribution in [0.1, 0.15) is 6.42 Å². The van der Waals surface area contributed by atoms with Crippen LogP contribution >= 0.6 is 0 Å². The molecule has 0 aliphatic carbocycles. The molecule has 1 aromatic rings. The maximum absolute atomic E-state index is 12.9. The van der Waals surface area contributed by atoms with Crippen LogP contribution in [-0.2, 0) is 0 Å². The van der Waals surface area contributed by atoms with Crippen molar-refractivity contribution in [1.82, 2.24) is 4.98 Å². The smallest absolute Gasteiger partial charge is 0.253 e. The van der Waals surface area contributed by atoms with Gasteiger partial charge in [-0.15, -0.1) is 0 Å². The lowest BCUT2D eigenvalue weighted by Gasteiger charge is -2.08. The van der Waals surface area contributed by atoms with Crippen LogP contribution in [0.3, 0.4) is 0 Å². The van der Waals surface area contributed by atoms with Crippen LogP contribution in [0.5, 0.6) is 0 Å². The van der Waals surface area contributed by atoms with Gasteiger partial charge in [0.05, 0.1) is 0 Å². The van der Waals surface area contributed by atoms with E-state index in [1.807, 2.05) is 0 Å². The van der Waals surface area contributed by atoms with Crippen LogP contribution in [0, 0.1) is 23.5 Å². The third-order valence-electron chi connectivity index (χ3n) is 1.63. The molecule has 0 saturated carbocycles. The number of aromatic nitrogens is 1. The topological polar surface area (TPSA) is 45.1 Å². The second kappa shape index (κ2) is 4.92. The summed E-state index contributed by atoms with van der Waals surface area (Å²) >= 11 is 0. The highest BCUT2D eigenvalue weighted by molar-refractivity contribution is 5.45. The van der Waals surface area contributed by atoms with Gasteiger partial charge >= 0.3 is 0 Å². The maximum atomic E-state index is 12.9. The second-order valence-corrected chi connectivity index (χ2v) is 2.70. The Morgan fingerprint density at radius 2 is 1.60 bits per heavy atom. The van der Waals surface area contributed by atoms with Gasteiger partial charge in [0.1, 0.15) is 5.69 Å². The fourth-order valence-corrected chi connectivity index (χ4v) is 0.935. The van der Waals surface area contributed by atoms with Gasteiger partial charge in [-0.2, -0.15) is 22.5 Å². The van der Waals surface area contributed by atoms with Gasteiger partial charge in [-0.3, -0.25) is 0 Å². The Balaban J connectivity index is 2.94. The van der Waals surface area contributed by atoms with Crippen molar-refractivity contribution in [3.05, 3.63) is 23.5 Å². The molecule has 0 saturated heterocycles. The lowest BCUT2D eigenvalue weighted by Crippen LogP contribution is -2.11. The molecule has 3 nitrogen and oxygen atoms in total. The first-order valence-corrected chi connectivity index (χ1v) is 4.12. The van der Waals surface area contributed by atoms with Gasteiger partial charge in [0.2, 0.25) is 11.6 Å². The Morgan fingerprint density at radius 1 is 1.07 bits per heavy atom. The van der Waals surface area contributed by atoms with E-state index in [4.69, 9.17) is 5.11 Å². The standard InChI is InChI=1S/C8H8F4N2O/c9-4-6(13-2-1-3-15)5(10)8(12)14-7(4)11/h15H,1-3H2,(H,13,14). The molecule has 1 heterocycles. The lowest BCUT2D eigenvalue weighted by atomic mass is 10.3. The van der Waals surface area contributed by atoms with Crippen molar-refractivity contribution in [1.29, 1.82) is 0 Å².